The zero-order chi connectivity index (χ0) is 9.47. The topological polar surface area (TPSA) is 23.6 Å². The van der Waals surface area contributed by atoms with Crippen molar-refractivity contribution in [3.63, 3.8) is 0 Å². The first kappa shape index (κ1) is 8.85. The van der Waals surface area contributed by atoms with Gasteiger partial charge in [-0.15, -0.1) is 0 Å². The molecule has 2 aliphatic heterocycles. The summed E-state index contributed by atoms with van der Waals surface area (Å²) >= 11 is 0. The lowest BCUT2D eigenvalue weighted by atomic mass is 9.93. The van der Waals surface area contributed by atoms with Crippen molar-refractivity contribution in [3.8, 4) is 0 Å². The van der Waals surface area contributed by atoms with E-state index in [1.165, 1.54) is 6.42 Å². The highest BCUT2D eigenvalue weighted by molar-refractivity contribution is 5.75. The molecule has 0 unspecified atom stereocenters. The maximum absolute atomic E-state index is 11.8. The molecule has 0 aliphatic carbocycles. The van der Waals surface area contributed by atoms with E-state index in [4.69, 9.17) is 0 Å². The molecular formula is C10H18N2O. The lowest BCUT2D eigenvalue weighted by Gasteiger charge is -2.34. The quantitative estimate of drug-likeness (QED) is 0.557. The molecule has 2 fully saturated rings. The Balaban J connectivity index is 1.91. The van der Waals surface area contributed by atoms with Gasteiger partial charge < -0.3 is 9.80 Å². The zero-order valence-corrected chi connectivity index (χ0v) is 8.55. The van der Waals surface area contributed by atoms with Gasteiger partial charge in [-0.1, -0.05) is 13.8 Å². The summed E-state index contributed by atoms with van der Waals surface area (Å²) in [6.45, 7) is 8.28. The minimum absolute atomic E-state index is 0.261. The molecule has 2 heterocycles. The maximum atomic E-state index is 11.8. The number of nitrogens with zero attached hydrogens (tertiary/aromatic N) is 2. The Morgan fingerprint density at radius 1 is 1.15 bits per heavy atom. The Kier molecular flexibility index (Phi) is 1.97. The molecule has 0 aromatic rings. The summed E-state index contributed by atoms with van der Waals surface area (Å²) in [5.41, 5.74) is 0.334. The minimum atomic E-state index is 0.261. The Bertz CT molecular complexity index is 221. The van der Waals surface area contributed by atoms with Crippen molar-refractivity contribution in [2.45, 2.75) is 26.7 Å². The van der Waals surface area contributed by atoms with Gasteiger partial charge in [-0.2, -0.15) is 0 Å². The van der Waals surface area contributed by atoms with Crippen LogP contribution in [0.5, 0.6) is 0 Å². The smallest absolute Gasteiger partial charge is 0.320 e. The second kappa shape index (κ2) is 2.89. The predicted molar refractivity (Wildman–Crippen MR) is 51.6 cm³/mol. The van der Waals surface area contributed by atoms with Crippen LogP contribution in [-0.2, 0) is 0 Å². The molecule has 2 saturated heterocycles. The number of hydrogen-bond donors (Lipinski definition) is 0. The third-order valence-electron chi connectivity index (χ3n) is 3.07. The molecular weight excluding hydrogens is 164 g/mol. The van der Waals surface area contributed by atoms with Crippen molar-refractivity contribution in [2.75, 3.05) is 26.2 Å². The highest BCUT2D eigenvalue weighted by Crippen LogP contribution is 2.29. The summed E-state index contributed by atoms with van der Waals surface area (Å²) in [5, 5.41) is 0. The van der Waals surface area contributed by atoms with E-state index in [0.29, 0.717) is 5.41 Å². The van der Waals surface area contributed by atoms with E-state index in [2.05, 4.69) is 13.8 Å². The van der Waals surface area contributed by atoms with Crippen LogP contribution < -0.4 is 0 Å². The lowest BCUT2D eigenvalue weighted by molar-refractivity contribution is 0.131. The van der Waals surface area contributed by atoms with Gasteiger partial charge in [-0.05, 0) is 18.3 Å². The Morgan fingerprint density at radius 3 is 2.23 bits per heavy atom. The van der Waals surface area contributed by atoms with Gasteiger partial charge in [0.2, 0.25) is 0 Å². The van der Waals surface area contributed by atoms with E-state index in [-0.39, 0.29) is 6.03 Å². The van der Waals surface area contributed by atoms with E-state index >= 15 is 0 Å². The van der Waals surface area contributed by atoms with Crippen molar-refractivity contribution in [2.24, 2.45) is 5.41 Å². The minimum Gasteiger partial charge on any atom is -0.325 e. The monoisotopic (exact) mass is 182 g/mol. The largest absolute Gasteiger partial charge is 0.325 e. The van der Waals surface area contributed by atoms with Gasteiger partial charge in [-0.25, -0.2) is 4.79 Å². The van der Waals surface area contributed by atoms with E-state index in [1.807, 2.05) is 9.80 Å². The van der Waals surface area contributed by atoms with E-state index in [0.717, 1.165) is 32.6 Å². The number of carbonyl (C=O) groups excluding carboxylic acids is 1. The first-order valence-electron chi connectivity index (χ1n) is 5.12. The van der Waals surface area contributed by atoms with Crippen molar-refractivity contribution < 1.29 is 4.79 Å². The molecule has 3 heteroatoms. The van der Waals surface area contributed by atoms with Crippen LogP contribution in [0.25, 0.3) is 0 Å². The highest BCUT2D eigenvalue weighted by atomic mass is 16.2. The fourth-order valence-corrected chi connectivity index (χ4v) is 1.98. The SMILES string of the molecule is CC1(C)CCN(C(=O)N2CCC2)C1. The summed E-state index contributed by atoms with van der Waals surface area (Å²) in [7, 11) is 0. The van der Waals surface area contributed by atoms with Crippen LogP contribution in [0.4, 0.5) is 4.79 Å². The second-order valence-corrected chi connectivity index (χ2v) is 4.96. The summed E-state index contributed by atoms with van der Waals surface area (Å²) in [6, 6.07) is 0.261. The van der Waals surface area contributed by atoms with Crippen molar-refractivity contribution in [3.05, 3.63) is 0 Å². The molecule has 2 rings (SSSR count). The normalized spacial score (nSPS) is 26.0. The molecule has 13 heavy (non-hydrogen) atoms. The van der Waals surface area contributed by atoms with Crippen LogP contribution in [0.1, 0.15) is 26.7 Å². The average molecular weight is 182 g/mol. The lowest BCUT2D eigenvalue weighted by Crippen LogP contribution is -2.49. The molecule has 74 valence electrons. The summed E-state index contributed by atoms with van der Waals surface area (Å²) in [6.07, 6.45) is 2.33. The standard InChI is InChI=1S/C10H18N2O/c1-10(2)4-7-12(8-10)9(13)11-5-3-6-11/h3-8H2,1-2H3. The molecule has 3 nitrogen and oxygen atoms in total. The van der Waals surface area contributed by atoms with Crippen molar-refractivity contribution >= 4 is 6.03 Å². The summed E-state index contributed by atoms with van der Waals surface area (Å²) < 4.78 is 0. The number of urea groups is 1. The molecule has 0 saturated carbocycles. The van der Waals surface area contributed by atoms with Gasteiger partial charge in [0.1, 0.15) is 0 Å². The van der Waals surface area contributed by atoms with E-state index in [1.54, 1.807) is 0 Å². The number of amides is 2. The fraction of sp³-hybridized carbons (Fsp3) is 0.900. The third-order valence-corrected chi connectivity index (χ3v) is 3.07. The molecule has 0 atom stereocenters. The molecule has 0 spiro atoms. The van der Waals surface area contributed by atoms with Gasteiger partial charge >= 0.3 is 6.03 Å². The van der Waals surface area contributed by atoms with E-state index in [9.17, 15) is 4.79 Å². The van der Waals surface area contributed by atoms with Gasteiger partial charge in [0.15, 0.2) is 0 Å². The van der Waals surface area contributed by atoms with Crippen molar-refractivity contribution in [1.82, 2.24) is 9.80 Å². The Hall–Kier alpha value is -0.730. The maximum Gasteiger partial charge on any atom is 0.320 e. The molecule has 0 bridgehead atoms. The number of likely N-dealkylation sites (tertiary alicyclic amines) is 2. The van der Waals surface area contributed by atoms with Crippen LogP contribution in [0.3, 0.4) is 0 Å². The average Bonchev–Trinajstić information content (AvgIpc) is 2.26. The molecule has 2 amide bonds. The van der Waals surface area contributed by atoms with Crippen LogP contribution in [-0.4, -0.2) is 42.0 Å². The highest BCUT2D eigenvalue weighted by Gasteiger charge is 2.35. The van der Waals surface area contributed by atoms with Crippen LogP contribution >= 0.6 is 0 Å². The first-order valence-corrected chi connectivity index (χ1v) is 5.12. The predicted octanol–water partition coefficient (Wildman–Crippen LogP) is 1.54. The Labute approximate surface area is 79.7 Å². The first-order chi connectivity index (χ1) is 6.08. The van der Waals surface area contributed by atoms with E-state index < -0.39 is 0 Å². The van der Waals surface area contributed by atoms with Gasteiger partial charge in [0.25, 0.3) is 0 Å². The van der Waals surface area contributed by atoms with Gasteiger partial charge in [0.05, 0.1) is 0 Å². The van der Waals surface area contributed by atoms with Crippen LogP contribution in [0.2, 0.25) is 0 Å². The van der Waals surface area contributed by atoms with Crippen molar-refractivity contribution in [1.29, 1.82) is 0 Å². The number of rotatable bonds is 0. The van der Waals surface area contributed by atoms with Gasteiger partial charge in [0, 0.05) is 26.2 Å². The Morgan fingerprint density at radius 2 is 1.85 bits per heavy atom. The second-order valence-electron chi connectivity index (χ2n) is 4.96. The molecule has 0 N–H and O–H groups in total. The third kappa shape index (κ3) is 1.64. The zero-order valence-electron chi connectivity index (χ0n) is 8.55. The summed E-state index contributed by atoms with van der Waals surface area (Å²) in [4.78, 5) is 15.7. The fourth-order valence-electron chi connectivity index (χ4n) is 1.98. The molecule has 2 aliphatic rings. The summed E-state index contributed by atoms with van der Waals surface area (Å²) in [5.74, 6) is 0. The molecule has 0 aromatic heterocycles. The van der Waals surface area contributed by atoms with Gasteiger partial charge in [-0.3, -0.25) is 0 Å². The number of carbonyl (C=O) groups is 1. The van der Waals surface area contributed by atoms with Crippen LogP contribution in [0, 0.1) is 5.41 Å². The van der Waals surface area contributed by atoms with Crippen LogP contribution in [0.15, 0.2) is 0 Å². The molecule has 0 radical (unpaired) electrons. The number of hydrogen-bond acceptors (Lipinski definition) is 1. The molecule has 0 aromatic carbocycles.